The summed E-state index contributed by atoms with van der Waals surface area (Å²) in [6.45, 7) is 35.5. The number of carbonyl (C=O) groups excluding carboxylic acids is 2. The molecular weight excluding hydrogens is 650 g/mol. The Hall–Kier alpha value is -3.06. The number of rotatable bonds is 9. The Morgan fingerprint density at radius 2 is 1.17 bits per heavy atom. The molecule has 1 fully saturated rings. The number of phenols is 2. The fourth-order valence-corrected chi connectivity index (χ4v) is 8.14. The van der Waals surface area contributed by atoms with Gasteiger partial charge in [-0.25, -0.2) is 0 Å². The summed E-state index contributed by atoms with van der Waals surface area (Å²) in [4.78, 5) is 26.7. The zero-order chi connectivity index (χ0) is 40.0. The summed E-state index contributed by atoms with van der Waals surface area (Å²) in [7, 11) is 0. The maximum absolute atomic E-state index is 14.0. The molecule has 1 saturated heterocycles. The molecule has 0 bridgehead atoms. The van der Waals surface area contributed by atoms with Crippen LogP contribution in [0.1, 0.15) is 176 Å². The second-order valence-corrected chi connectivity index (χ2v) is 20.6. The predicted octanol–water partition coefficient (Wildman–Crippen LogP) is 10.0. The number of ether oxygens (including phenoxy) is 2. The molecule has 0 spiro atoms. The molecule has 3 unspecified atom stereocenters. The molecule has 0 aliphatic carbocycles. The molecule has 292 valence electrons. The van der Waals surface area contributed by atoms with E-state index in [2.05, 4.69) is 128 Å². The molecule has 7 nitrogen and oxygen atoms in total. The molecule has 0 amide bonds. The molecule has 0 saturated carbocycles. The average molecular weight is 722 g/mol. The first-order valence-corrected chi connectivity index (χ1v) is 19.3. The minimum absolute atomic E-state index is 0.119. The number of carbonyl (C=O) groups is 2. The SMILES string of the molecule is CCC(=O)OCC(c1cc(C(C)(C)C)c(O)c(C(C)(C)C)c1)C1C(OC(=O)CCc2cc(C(C)(C)C)c(O)c(C(C)(C)C)c2)CC(C)(C)NC1(C)C. The van der Waals surface area contributed by atoms with Gasteiger partial charge < -0.3 is 25.0 Å². The number of hydrogen-bond acceptors (Lipinski definition) is 7. The van der Waals surface area contributed by atoms with Crippen molar-refractivity contribution in [1.82, 2.24) is 5.32 Å². The van der Waals surface area contributed by atoms with Gasteiger partial charge in [-0.3, -0.25) is 9.59 Å². The lowest BCUT2D eigenvalue weighted by molar-refractivity contribution is -0.162. The second kappa shape index (κ2) is 15.0. The number of esters is 2. The number of piperidine rings is 1. The van der Waals surface area contributed by atoms with Gasteiger partial charge in [0.25, 0.3) is 0 Å². The standard InChI is InChI=1S/C45H71NO6/c1-18-35(47)51-26-29(28-23-32(42(8,9)10)39(50)33(24-28)43(11,12)13)37-34(25-44(14,15)46-45(37,16)17)52-36(48)20-19-27-21-30(40(2,3)4)38(49)31(22-27)41(5,6)7/h21-24,29,34,37,46,49-50H,18-20,25-26H2,1-17H3. The zero-order valence-corrected chi connectivity index (χ0v) is 35.6. The number of aromatic hydroxyl groups is 2. The van der Waals surface area contributed by atoms with E-state index in [1.165, 1.54) is 0 Å². The first kappa shape index (κ1) is 43.3. The largest absolute Gasteiger partial charge is 0.507 e. The summed E-state index contributed by atoms with van der Waals surface area (Å²) in [6.07, 6.45) is 1.01. The van der Waals surface area contributed by atoms with Crippen LogP contribution >= 0.6 is 0 Å². The van der Waals surface area contributed by atoms with Crippen LogP contribution in [0.3, 0.4) is 0 Å². The van der Waals surface area contributed by atoms with Gasteiger partial charge in [0, 0.05) is 42.2 Å². The van der Waals surface area contributed by atoms with E-state index in [1.54, 1.807) is 6.92 Å². The summed E-state index contributed by atoms with van der Waals surface area (Å²) in [5.74, 6) is -0.571. The Kier molecular flexibility index (Phi) is 12.5. The van der Waals surface area contributed by atoms with Gasteiger partial charge in [0.2, 0.25) is 0 Å². The topological polar surface area (TPSA) is 105 Å². The van der Waals surface area contributed by atoms with Crippen molar-refractivity contribution in [2.75, 3.05) is 6.61 Å². The van der Waals surface area contributed by atoms with E-state index in [1.807, 2.05) is 12.1 Å². The van der Waals surface area contributed by atoms with Gasteiger partial charge in [0.15, 0.2) is 0 Å². The van der Waals surface area contributed by atoms with E-state index in [9.17, 15) is 19.8 Å². The number of hydrogen-bond donors (Lipinski definition) is 3. The maximum atomic E-state index is 14.0. The molecule has 3 rings (SSSR count). The summed E-state index contributed by atoms with van der Waals surface area (Å²) < 4.78 is 12.5. The first-order chi connectivity index (χ1) is 23.4. The summed E-state index contributed by atoms with van der Waals surface area (Å²) in [5.41, 5.74) is 3.21. The second-order valence-electron chi connectivity index (χ2n) is 20.6. The molecular formula is C45H71NO6. The van der Waals surface area contributed by atoms with Crippen molar-refractivity contribution in [3.63, 3.8) is 0 Å². The van der Waals surface area contributed by atoms with Gasteiger partial charge in [0.1, 0.15) is 17.6 Å². The third-order valence-corrected chi connectivity index (χ3v) is 10.6. The Morgan fingerprint density at radius 1 is 0.750 bits per heavy atom. The van der Waals surface area contributed by atoms with Crippen molar-refractivity contribution in [3.8, 4) is 11.5 Å². The molecule has 2 aromatic rings. The highest BCUT2D eigenvalue weighted by molar-refractivity contribution is 5.70. The molecule has 3 N–H and O–H groups in total. The molecule has 1 aliphatic rings. The Balaban J connectivity index is 2.12. The van der Waals surface area contributed by atoms with Crippen molar-refractivity contribution in [2.24, 2.45) is 5.92 Å². The molecule has 1 aliphatic heterocycles. The van der Waals surface area contributed by atoms with E-state index < -0.39 is 11.6 Å². The van der Waals surface area contributed by atoms with Crippen LogP contribution in [0.25, 0.3) is 0 Å². The first-order valence-electron chi connectivity index (χ1n) is 19.3. The van der Waals surface area contributed by atoms with Crippen LogP contribution in [0.15, 0.2) is 24.3 Å². The lowest BCUT2D eigenvalue weighted by Crippen LogP contribution is -2.66. The van der Waals surface area contributed by atoms with E-state index in [-0.39, 0.29) is 76.2 Å². The number of benzene rings is 2. The minimum atomic E-state index is -0.530. The molecule has 52 heavy (non-hydrogen) atoms. The quantitative estimate of drug-likeness (QED) is 0.221. The highest BCUT2D eigenvalue weighted by Crippen LogP contribution is 2.48. The normalized spacial score (nSPS) is 19.9. The fourth-order valence-electron chi connectivity index (χ4n) is 8.14. The van der Waals surface area contributed by atoms with Gasteiger partial charge in [-0.15, -0.1) is 0 Å². The van der Waals surface area contributed by atoms with Crippen LogP contribution in [0.5, 0.6) is 11.5 Å². The van der Waals surface area contributed by atoms with Gasteiger partial charge >= 0.3 is 11.9 Å². The summed E-state index contributed by atoms with van der Waals surface area (Å²) in [5, 5.41) is 26.7. The van der Waals surface area contributed by atoms with Crippen LogP contribution in [0, 0.1) is 5.92 Å². The minimum Gasteiger partial charge on any atom is -0.507 e. The molecule has 3 atom stereocenters. The van der Waals surface area contributed by atoms with Crippen LogP contribution in [-0.2, 0) is 47.1 Å². The summed E-state index contributed by atoms with van der Waals surface area (Å²) in [6, 6.07) is 8.18. The Bertz CT molecular complexity index is 1540. The van der Waals surface area contributed by atoms with Crippen LogP contribution < -0.4 is 5.32 Å². The van der Waals surface area contributed by atoms with Crippen molar-refractivity contribution in [2.45, 2.75) is 188 Å². The van der Waals surface area contributed by atoms with Crippen molar-refractivity contribution >= 4 is 11.9 Å². The van der Waals surface area contributed by atoms with Crippen LogP contribution in [0.2, 0.25) is 0 Å². The highest BCUT2D eigenvalue weighted by atomic mass is 16.5. The van der Waals surface area contributed by atoms with Gasteiger partial charge in [-0.05, 0) is 89.2 Å². The van der Waals surface area contributed by atoms with E-state index in [0.29, 0.717) is 18.6 Å². The fraction of sp³-hybridized carbons (Fsp3) is 0.689. The molecule has 0 radical (unpaired) electrons. The number of nitrogens with one attached hydrogen (secondary N) is 1. The van der Waals surface area contributed by atoms with E-state index in [4.69, 9.17) is 9.47 Å². The molecule has 7 heteroatoms. The summed E-state index contributed by atoms with van der Waals surface area (Å²) >= 11 is 0. The van der Waals surface area contributed by atoms with Gasteiger partial charge in [0.05, 0.1) is 6.61 Å². The van der Waals surface area contributed by atoms with E-state index in [0.717, 1.165) is 33.4 Å². The third-order valence-electron chi connectivity index (χ3n) is 10.6. The van der Waals surface area contributed by atoms with Gasteiger partial charge in [-0.2, -0.15) is 0 Å². The van der Waals surface area contributed by atoms with Gasteiger partial charge in [-0.1, -0.05) is 114 Å². The van der Waals surface area contributed by atoms with Crippen LogP contribution in [0.4, 0.5) is 0 Å². The number of phenolic OH excluding ortho intramolecular Hbond substituents is 2. The Morgan fingerprint density at radius 3 is 1.58 bits per heavy atom. The van der Waals surface area contributed by atoms with Crippen LogP contribution in [-0.4, -0.2) is 45.9 Å². The lowest BCUT2D eigenvalue weighted by atomic mass is 9.64. The average Bonchev–Trinajstić information content (AvgIpc) is 2.94. The smallest absolute Gasteiger partial charge is 0.306 e. The third kappa shape index (κ3) is 10.3. The molecule has 1 heterocycles. The zero-order valence-electron chi connectivity index (χ0n) is 35.6. The Labute approximate surface area is 315 Å². The lowest BCUT2D eigenvalue weighted by Gasteiger charge is -2.54. The number of aryl methyl sites for hydroxylation is 1. The van der Waals surface area contributed by atoms with E-state index >= 15 is 0 Å². The monoisotopic (exact) mass is 722 g/mol. The van der Waals surface area contributed by atoms with Crippen molar-refractivity contribution < 1.29 is 29.3 Å². The molecule has 0 aromatic heterocycles. The maximum Gasteiger partial charge on any atom is 0.306 e. The van der Waals surface area contributed by atoms with Crippen molar-refractivity contribution in [1.29, 1.82) is 0 Å². The highest BCUT2D eigenvalue weighted by Gasteiger charge is 2.51. The predicted molar refractivity (Wildman–Crippen MR) is 213 cm³/mol. The molecule has 2 aromatic carbocycles. The van der Waals surface area contributed by atoms with Crippen molar-refractivity contribution in [3.05, 3.63) is 57.6 Å².